The maximum Gasteiger partial charge on any atom is 0.227 e. The fourth-order valence-corrected chi connectivity index (χ4v) is 2.26. The first-order chi connectivity index (χ1) is 7.65. The third kappa shape index (κ3) is 3.94. The summed E-state index contributed by atoms with van der Waals surface area (Å²) in [5, 5.41) is 15.6. The van der Waals surface area contributed by atoms with Crippen molar-refractivity contribution in [2.45, 2.75) is 38.6 Å². The van der Waals surface area contributed by atoms with Crippen molar-refractivity contribution in [2.24, 2.45) is 0 Å². The normalized spacial score (nSPS) is 14.4. The quantitative estimate of drug-likeness (QED) is 0.801. The van der Waals surface area contributed by atoms with Crippen molar-refractivity contribution in [3.8, 4) is 0 Å². The van der Waals surface area contributed by atoms with Gasteiger partial charge in [0.15, 0.2) is 0 Å². The molecule has 0 aliphatic heterocycles. The largest absolute Gasteiger partial charge is 0.396 e. The molecule has 0 fully saturated rings. The molecular weight excluding hydrogens is 222 g/mol. The van der Waals surface area contributed by atoms with Gasteiger partial charge in [0.25, 0.3) is 0 Å². The van der Waals surface area contributed by atoms with Crippen molar-refractivity contribution in [2.75, 3.05) is 6.61 Å². The molecule has 3 nitrogen and oxygen atoms in total. The monoisotopic (exact) mass is 241 g/mol. The van der Waals surface area contributed by atoms with Crippen LogP contribution in [0.5, 0.6) is 0 Å². The topological polar surface area (TPSA) is 49.3 Å². The Morgan fingerprint density at radius 3 is 2.88 bits per heavy atom. The number of amides is 1. The summed E-state index contributed by atoms with van der Waals surface area (Å²) in [5.41, 5.74) is 1.07. The van der Waals surface area contributed by atoms with Crippen LogP contribution in [-0.4, -0.2) is 23.7 Å². The first-order valence-corrected chi connectivity index (χ1v) is 6.52. The van der Waals surface area contributed by atoms with Crippen LogP contribution in [0.15, 0.2) is 16.8 Å². The Morgan fingerprint density at radius 1 is 1.56 bits per heavy atom. The molecule has 0 saturated heterocycles. The van der Waals surface area contributed by atoms with Crippen molar-refractivity contribution in [3.63, 3.8) is 0 Å². The smallest absolute Gasteiger partial charge is 0.227 e. The molecule has 16 heavy (non-hydrogen) atoms. The molecule has 1 heterocycles. The minimum atomic E-state index is -0.0946. The van der Waals surface area contributed by atoms with E-state index in [0.29, 0.717) is 0 Å². The van der Waals surface area contributed by atoms with Gasteiger partial charge in [-0.25, -0.2) is 0 Å². The molecule has 2 unspecified atom stereocenters. The minimum Gasteiger partial charge on any atom is -0.396 e. The highest BCUT2D eigenvalue weighted by Crippen LogP contribution is 2.18. The first-order valence-electron chi connectivity index (χ1n) is 5.58. The predicted molar refractivity (Wildman–Crippen MR) is 66.7 cm³/mol. The number of nitrogens with one attached hydrogen (secondary N) is 1. The van der Waals surface area contributed by atoms with Crippen LogP contribution in [0.1, 0.15) is 38.2 Å². The highest BCUT2D eigenvalue weighted by atomic mass is 32.1. The van der Waals surface area contributed by atoms with Gasteiger partial charge >= 0.3 is 0 Å². The fourth-order valence-electron chi connectivity index (χ4n) is 1.51. The lowest BCUT2D eigenvalue weighted by molar-refractivity contribution is -0.122. The molecule has 2 atom stereocenters. The molecule has 0 aliphatic carbocycles. The van der Waals surface area contributed by atoms with Crippen LogP contribution in [0.4, 0.5) is 0 Å². The number of hydrogen-bond donors (Lipinski definition) is 2. The lowest BCUT2D eigenvalue weighted by atomic mass is 10.0. The molecule has 0 radical (unpaired) electrons. The van der Waals surface area contributed by atoms with Crippen molar-refractivity contribution in [3.05, 3.63) is 22.4 Å². The Hall–Kier alpha value is -0.870. The number of aliphatic hydroxyl groups is 1. The van der Waals surface area contributed by atoms with E-state index in [9.17, 15) is 4.79 Å². The van der Waals surface area contributed by atoms with Gasteiger partial charge in [-0.2, -0.15) is 11.3 Å². The summed E-state index contributed by atoms with van der Waals surface area (Å²) >= 11 is 1.61. The zero-order valence-electron chi connectivity index (χ0n) is 9.77. The number of aliphatic hydroxyl groups excluding tert-OH is 1. The Balaban J connectivity index is 2.40. The van der Waals surface area contributed by atoms with Crippen LogP contribution >= 0.6 is 11.3 Å². The number of rotatable bonds is 6. The third-order valence-corrected chi connectivity index (χ3v) is 3.32. The Kier molecular flexibility index (Phi) is 5.49. The highest BCUT2D eigenvalue weighted by molar-refractivity contribution is 7.08. The van der Waals surface area contributed by atoms with Crippen molar-refractivity contribution >= 4 is 17.2 Å². The highest BCUT2D eigenvalue weighted by Gasteiger charge is 2.16. The zero-order valence-corrected chi connectivity index (χ0v) is 10.6. The average molecular weight is 241 g/mol. The molecule has 4 heteroatoms. The van der Waals surface area contributed by atoms with Crippen molar-refractivity contribution in [1.29, 1.82) is 0 Å². The van der Waals surface area contributed by atoms with Gasteiger partial charge in [0.05, 0.1) is 5.92 Å². The Bertz CT molecular complexity index is 311. The van der Waals surface area contributed by atoms with E-state index in [1.54, 1.807) is 11.3 Å². The molecule has 90 valence electrons. The second kappa shape index (κ2) is 6.66. The van der Waals surface area contributed by atoms with Crippen LogP contribution in [0, 0.1) is 0 Å². The summed E-state index contributed by atoms with van der Waals surface area (Å²) in [4.78, 5) is 11.8. The summed E-state index contributed by atoms with van der Waals surface area (Å²) in [6, 6.07) is 2.11. The summed E-state index contributed by atoms with van der Waals surface area (Å²) in [5.74, 6) is -0.0355. The van der Waals surface area contributed by atoms with E-state index in [-0.39, 0.29) is 24.5 Å². The van der Waals surface area contributed by atoms with Crippen LogP contribution in [0.25, 0.3) is 0 Å². The van der Waals surface area contributed by atoms with Gasteiger partial charge in [0, 0.05) is 12.6 Å². The van der Waals surface area contributed by atoms with Gasteiger partial charge in [0.1, 0.15) is 0 Å². The SMILES string of the molecule is CC(CCCO)NC(=O)C(C)c1ccsc1. The van der Waals surface area contributed by atoms with Gasteiger partial charge in [0.2, 0.25) is 5.91 Å². The summed E-state index contributed by atoms with van der Waals surface area (Å²) in [7, 11) is 0. The summed E-state index contributed by atoms with van der Waals surface area (Å²) in [6.07, 6.45) is 1.55. The van der Waals surface area contributed by atoms with Crippen LogP contribution in [0.3, 0.4) is 0 Å². The van der Waals surface area contributed by atoms with Gasteiger partial charge < -0.3 is 10.4 Å². The van der Waals surface area contributed by atoms with Crippen molar-refractivity contribution < 1.29 is 9.90 Å². The lowest BCUT2D eigenvalue weighted by Gasteiger charge is -2.16. The van der Waals surface area contributed by atoms with Crippen LogP contribution < -0.4 is 5.32 Å². The predicted octanol–water partition coefficient (Wildman–Crippen LogP) is 2.13. The van der Waals surface area contributed by atoms with E-state index in [4.69, 9.17) is 5.11 Å². The number of carbonyl (C=O) groups is 1. The van der Waals surface area contributed by atoms with E-state index in [0.717, 1.165) is 18.4 Å². The van der Waals surface area contributed by atoms with E-state index >= 15 is 0 Å². The lowest BCUT2D eigenvalue weighted by Crippen LogP contribution is -2.35. The van der Waals surface area contributed by atoms with E-state index in [1.165, 1.54) is 0 Å². The summed E-state index contributed by atoms with van der Waals surface area (Å²) < 4.78 is 0. The molecule has 0 aliphatic rings. The van der Waals surface area contributed by atoms with Gasteiger partial charge in [-0.15, -0.1) is 0 Å². The van der Waals surface area contributed by atoms with Gasteiger partial charge in [-0.1, -0.05) is 0 Å². The summed E-state index contributed by atoms with van der Waals surface area (Å²) in [6.45, 7) is 4.06. The third-order valence-electron chi connectivity index (χ3n) is 2.62. The fraction of sp³-hybridized carbons (Fsp3) is 0.583. The van der Waals surface area contributed by atoms with Crippen molar-refractivity contribution in [1.82, 2.24) is 5.32 Å². The van der Waals surface area contributed by atoms with Gasteiger partial charge in [-0.05, 0) is 49.1 Å². The van der Waals surface area contributed by atoms with Crippen LogP contribution in [-0.2, 0) is 4.79 Å². The van der Waals surface area contributed by atoms with E-state index in [1.807, 2.05) is 30.7 Å². The molecule has 1 rings (SSSR count). The minimum absolute atomic E-state index is 0.0591. The maximum atomic E-state index is 11.8. The number of carbonyl (C=O) groups excluding carboxylic acids is 1. The second-order valence-corrected chi connectivity index (χ2v) is 4.83. The molecule has 2 N–H and O–H groups in total. The molecule has 1 aromatic rings. The number of hydrogen-bond acceptors (Lipinski definition) is 3. The Morgan fingerprint density at radius 2 is 2.31 bits per heavy atom. The van der Waals surface area contributed by atoms with E-state index < -0.39 is 0 Å². The zero-order chi connectivity index (χ0) is 12.0. The molecule has 1 amide bonds. The number of thiophene rings is 1. The Labute approximate surface area is 100 Å². The first kappa shape index (κ1) is 13.2. The second-order valence-electron chi connectivity index (χ2n) is 4.05. The maximum absolute atomic E-state index is 11.8. The molecule has 1 aromatic heterocycles. The van der Waals surface area contributed by atoms with Gasteiger partial charge in [-0.3, -0.25) is 4.79 Å². The average Bonchev–Trinajstić information content (AvgIpc) is 2.78. The standard InChI is InChI=1S/C12H19NO2S/c1-9(4-3-6-14)13-12(15)10(2)11-5-7-16-8-11/h5,7-10,14H,3-4,6H2,1-2H3,(H,13,15). The van der Waals surface area contributed by atoms with Crippen LogP contribution in [0.2, 0.25) is 0 Å². The molecule has 0 saturated carbocycles. The van der Waals surface area contributed by atoms with E-state index in [2.05, 4.69) is 5.32 Å². The molecular formula is C12H19NO2S. The molecule has 0 spiro atoms. The molecule has 0 aromatic carbocycles. The molecule has 0 bridgehead atoms.